The van der Waals surface area contributed by atoms with E-state index in [-0.39, 0.29) is 24.6 Å². The van der Waals surface area contributed by atoms with Crippen LogP contribution in [0, 0.1) is 5.82 Å². The molecule has 2 atom stereocenters. The number of aromatic nitrogens is 2. The van der Waals surface area contributed by atoms with Gasteiger partial charge in [0, 0.05) is 24.6 Å². The first-order chi connectivity index (χ1) is 14.2. The van der Waals surface area contributed by atoms with E-state index < -0.39 is 18.1 Å². The lowest BCUT2D eigenvalue weighted by Gasteiger charge is -2.16. The van der Waals surface area contributed by atoms with E-state index in [1.54, 1.807) is 25.3 Å². The van der Waals surface area contributed by atoms with Gasteiger partial charge in [0.15, 0.2) is 0 Å². The average molecular weight is 418 g/mol. The van der Waals surface area contributed by atoms with Crippen molar-refractivity contribution in [3.63, 3.8) is 0 Å². The molecule has 0 aliphatic rings. The fourth-order valence-electron chi connectivity index (χ4n) is 2.94. The molecule has 0 saturated carbocycles. The number of aliphatic hydroxyl groups excluding tert-OH is 2. The number of carbonyl (C=O) groups is 1. The highest BCUT2D eigenvalue weighted by molar-refractivity contribution is 5.75. The van der Waals surface area contributed by atoms with Crippen LogP contribution in [0.4, 0.5) is 10.3 Å². The van der Waals surface area contributed by atoms with Crippen LogP contribution in [0.1, 0.15) is 43.9 Å². The van der Waals surface area contributed by atoms with E-state index in [0.29, 0.717) is 22.8 Å². The van der Waals surface area contributed by atoms with Gasteiger partial charge in [0.05, 0.1) is 30.0 Å². The molecule has 30 heavy (non-hydrogen) atoms. The Morgan fingerprint density at radius 3 is 2.43 bits per heavy atom. The fraction of sp³-hybridized carbons (Fsp3) is 0.381. The summed E-state index contributed by atoms with van der Waals surface area (Å²) in [4.78, 5) is 20.2. The molecule has 1 heterocycles. The second kappa shape index (κ2) is 10.8. The highest BCUT2D eigenvalue weighted by atomic mass is 19.1. The van der Waals surface area contributed by atoms with E-state index in [2.05, 4.69) is 15.3 Å². The summed E-state index contributed by atoms with van der Waals surface area (Å²) in [6, 6.07) is 5.92. The summed E-state index contributed by atoms with van der Waals surface area (Å²) in [5, 5.41) is 31.6. The van der Waals surface area contributed by atoms with E-state index in [0.717, 1.165) is 5.69 Å². The Bertz CT molecular complexity index is 887. The molecular weight excluding hydrogens is 391 g/mol. The lowest BCUT2D eigenvalue weighted by molar-refractivity contribution is -0.131. The van der Waals surface area contributed by atoms with Crippen molar-refractivity contribution in [1.82, 2.24) is 15.4 Å². The van der Waals surface area contributed by atoms with Crippen LogP contribution >= 0.6 is 0 Å². The summed E-state index contributed by atoms with van der Waals surface area (Å²) in [5.74, 6) is -0.648. The normalized spacial score (nSPS) is 13.5. The molecule has 0 fully saturated rings. The Kier molecular flexibility index (Phi) is 8.40. The molecule has 0 saturated heterocycles. The Labute approximate surface area is 174 Å². The number of anilines is 1. The summed E-state index contributed by atoms with van der Waals surface area (Å²) in [5.41, 5.74) is 4.09. The molecule has 0 radical (unpaired) electrons. The molecule has 0 aliphatic heterocycles. The molecule has 8 nitrogen and oxygen atoms in total. The van der Waals surface area contributed by atoms with E-state index in [4.69, 9.17) is 5.21 Å². The molecule has 0 unspecified atom stereocenters. The Morgan fingerprint density at radius 1 is 1.20 bits per heavy atom. The van der Waals surface area contributed by atoms with Crippen LogP contribution in [-0.2, 0) is 4.79 Å². The Hall–Kier alpha value is -2.88. The summed E-state index contributed by atoms with van der Waals surface area (Å²) in [7, 11) is 1.71. The van der Waals surface area contributed by atoms with Gasteiger partial charge in [0.25, 0.3) is 0 Å². The minimum absolute atomic E-state index is 0.0370. The summed E-state index contributed by atoms with van der Waals surface area (Å²) in [6.07, 6.45) is 0.549. The van der Waals surface area contributed by atoms with Gasteiger partial charge < -0.3 is 15.5 Å². The second-order valence-electron chi connectivity index (χ2n) is 7.16. The zero-order chi connectivity index (χ0) is 22.3. The molecule has 1 amide bonds. The molecule has 2 rings (SSSR count). The minimum atomic E-state index is -1.12. The SMILES string of the molecule is CNc1nc(-c2ccc(F)cc2)c(/C=C/[C@@H](O)C[C@@H](O)CC(=O)NO)c(C(C)C)n1. The maximum Gasteiger partial charge on any atom is 0.245 e. The van der Waals surface area contributed by atoms with Gasteiger partial charge in [0.2, 0.25) is 11.9 Å². The Morgan fingerprint density at radius 2 is 1.87 bits per heavy atom. The van der Waals surface area contributed by atoms with Crippen LogP contribution in [0.2, 0.25) is 0 Å². The fourth-order valence-corrected chi connectivity index (χ4v) is 2.94. The standard InChI is InChI=1S/C21H27FN4O4/c1-12(2)19-17(9-8-15(27)10-16(28)11-18(29)26-30)20(25-21(23-3)24-19)13-4-6-14(22)7-5-13/h4-9,12,15-16,27-28,30H,10-11H2,1-3H3,(H,26,29)(H,23,24,25)/b9-8+/t15-,16-/m1/s1. The lowest BCUT2D eigenvalue weighted by atomic mass is 9.97. The third-order valence-corrected chi connectivity index (χ3v) is 4.41. The van der Waals surface area contributed by atoms with E-state index in [1.165, 1.54) is 23.7 Å². The first-order valence-electron chi connectivity index (χ1n) is 9.58. The Balaban J connectivity index is 2.40. The van der Waals surface area contributed by atoms with Gasteiger partial charge in [0.1, 0.15) is 5.82 Å². The molecule has 162 valence electrons. The van der Waals surface area contributed by atoms with Crippen LogP contribution in [0.15, 0.2) is 30.3 Å². The third kappa shape index (κ3) is 6.31. The number of rotatable bonds is 9. The van der Waals surface area contributed by atoms with Crippen LogP contribution in [0.25, 0.3) is 17.3 Å². The number of hydroxylamine groups is 1. The molecule has 2 aromatic rings. The van der Waals surface area contributed by atoms with Crippen molar-refractivity contribution in [3.05, 3.63) is 47.4 Å². The van der Waals surface area contributed by atoms with E-state index in [1.807, 2.05) is 13.8 Å². The van der Waals surface area contributed by atoms with Gasteiger partial charge in [-0.25, -0.2) is 19.8 Å². The van der Waals surface area contributed by atoms with Crippen molar-refractivity contribution in [2.75, 3.05) is 12.4 Å². The van der Waals surface area contributed by atoms with Crippen molar-refractivity contribution in [1.29, 1.82) is 0 Å². The molecular formula is C21H27FN4O4. The molecule has 9 heteroatoms. The van der Waals surface area contributed by atoms with Gasteiger partial charge in [-0.3, -0.25) is 10.0 Å². The topological polar surface area (TPSA) is 128 Å². The lowest BCUT2D eigenvalue weighted by Crippen LogP contribution is -2.26. The quantitative estimate of drug-likeness (QED) is 0.313. The highest BCUT2D eigenvalue weighted by Crippen LogP contribution is 2.30. The number of nitrogens with zero attached hydrogens (tertiary/aromatic N) is 2. The average Bonchev–Trinajstić information content (AvgIpc) is 2.71. The maximum atomic E-state index is 13.4. The zero-order valence-corrected chi connectivity index (χ0v) is 17.1. The number of halogens is 1. The molecule has 1 aromatic heterocycles. The number of aliphatic hydroxyl groups is 2. The monoisotopic (exact) mass is 418 g/mol. The third-order valence-electron chi connectivity index (χ3n) is 4.41. The van der Waals surface area contributed by atoms with Crippen LogP contribution in [0.5, 0.6) is 0 Å². The van der Waals surface area contributed by atoms with Crippen molar-refractivity contribution >= 4 is 17.9 Å². The minimum Gasteiger partial charge on any atom is -0.392 e. The van der Waals surface area contributed by atoms with E-state index in [9.17, 15) is 19.4 Å². The number of carbonyl (C=O) groups excluding carboxylic acids is 1. The van der Waals surface area contributed by atoms with Crippen LogP contribution in [0.3, 0.4) is 0 Å². The number of hydrogen-bond donors (Lipinski definition) is 5. The predicted molar refractivity (Wildman–Crippen MR) is 111 cm³/mol. The number of benzene rings is 1. The zero-order valence-electron chi connectivity index (χ0n) is 17.1. The van der Waals surface area contributed by atoms with Gasteiger partial charge in [-0.2, -0.15) is 0 Å². The second-order valence-corrected chi connectivity index (χ2v) is 7.16. The molecule has 1 aromatic carbocycles. The van der Waals surface area contributed by atoms with Gasteiger partial charge in [-0.05, 0) is 30.2 Å². The van der Waals surface area contributed by atoms with Crippen molar-refractivity contribution in [2.24, 2.45) is 0 Å². The van der Waals surface area contributed by atoms with Gasteiger partial charge >= 0.3 is 0 Å². The molecule has 0 aliphatic carbocycles. The smallest absolute Gasteiger partial charge is 0.245 e. The highest BCUT2D eigenvalue weighted by Gasteiger charge is 2.18. The van der Waals surface area contributed by atoms with Crippen LogP contribution in [-0.4, -0.2) is 50.6 Å². The predicted octanol–water partition coefficient (Wildman–Crippen LogP) is 2.47. The summed E-state index contributed by atoms with van der Waals surface area (Å²) in [6.45, 7) is 3.95. The number of nitrogens with one attached hydrogen (secondary N) is 2. The van der Waals surface area contributed by atoms with Gasteiger partial charge in [-0.15, -0.1) is 0 Å². The molecule has 0 spiro atoms. The van der Waals surface area contributed by atoms with Crippen LogP contribution < -0.4 is 10.8 Å². The summed E-state index contributed by atoms with van der Waals surface area (Å²) < 4.78 is 13.4. The number of hydrogen-bond acceptors (Lipinski definition) is 7. The first-order valence-corrected chi connectivity index (χ1v) is 9.58. The first kappa shape index (κ1) is 23.4. The van der Waals surface area contributed by atoms with Gasteiger partial charge in [-0.1, -0.05) is 26.0 Å². The number of amides is 1. The molecule has 0 bridgehead atoms. The summed E-state index contributed by atoms with van der Waals surface area (Å²) >= 11 is 0. The largest absolute Gasteiger partial charge is 0.392 e. The maximum absolute atomic E-state index is 13.4. The van der Waals surface area contributed by atoms with E-state index >= 15 is 0 Å². The molecule has 5 N–H and O–H groups in total. The van der Waals surface area contributed by atoms with Crippen molar-refractivity contribution in [2.45, 2.75) is 44.8 Å². The van der Waals surface area contributed by atoms with Crippen molar-refractivity contribution in [3.8, 4) is 11.3 Å². The van der Waals surface area contributed by atoms with Crippen molar-refractivity contribution < 1.29 is 24.6 Å².